The fraction of sp³-hybridized carbons (Fsp3) is 0.286. The van der Waals surface area contributed by atoms with Gasteiger partial charge in [0, 0.05) is 22.7 Å². The zero-order chi connectivity index (χ0) is 19.8. The summed E-state index contributed by atoms with van der Waals surface area (Å²) in [7, 11) is 0. The summed E-state index contributed by atoms with van der Waals surface area (Å²) in [5.41, 5.74) is 2.76. The number of nitrogens with zero attached hydrogens (tertiary/aromatic N) is 3. The second kappa shape index (κ2) is 7.72. The Bertz CT molecular complexity index is 1130. The number of rotatable bonds is 4. The first-order valence-corrected chi connectivity index (χ1v) is 11.0. The second-order valence-corrected chi connectivity index (χ2v) is 8.70. The van der Waals surface area contributed by atoms with E-state index in [1.807, 2.05) is 42.2 Å². The Kier molecular flexibility index (Phi) is 5.29. The maximum atomic E-state index is 13.0. The van der Waals surface area contributed by atoms with Gasteiger partial charge in [0.15, 0.2) is 5.16 Å². The smallest absolute Gasteiger partial charge is 0.262 e. The summed E-state index contributed by atoms with van der Waals surface area (Å²) in [6.07, 6.45) is 0.870. The molecule has 3 aromatic rings. The van der Waals surface area contributed by atoms with Crippen LogP contribution in [0.4, 0.5) is 5.69 Å². The van der Waals surface area contributed by atoms with E-state index < -0.39 is 0 Å². The van der Waals surface area contributed by atoms with Crippen molar-refractivity contribution in [3.8, 4) is 0 Å². The van der Waals surface area contributed by atoms with Crippen molar-refractivity contribution >= 4 is 50.2 Å². The van der Waals surface area contributed by atoms with Gasteiger partial charge >= 0.3 is 0 Å². The summed E-state index contributed by atoms with van der Waals surface area (Å²) in [5, 5.41) is 1.16. The molecule has 1 aromatic heterocycles. The minimum Gasteiger partial charge on any atom is -0.308 e. The third-order valence-corrected chi connectivity index (χ3v) is 6.45. The van der Waals surface area contributed by atoms with Crippen LogP contribution < -0.4 is 10.5 Å². The lowest BCUT2D eigenvalue weighted by atomic mass is 10.1. The molecule has 0 saturated carbocycles. The molecule has 4 rings (SSSR count). The van der Waals surface area contributed by atoms with Crippen molar-refractivity contribution in [3.05, 3.63) is 62.9 Å². The van der Waals surface area contributed by atoms with Gasteiger partial charge in [-0.2, -0.15) is 0 Å². The number of aromatic nitrogens is 2. The van der Waals surface area contributed by atoms with E-state index in [0.29, 0.717) is 22.6 Å². The number of amides is 1. The predicted octanol–water partition coefficient (Wildman–Crippen LogP) is 4.25. The number of fused-ring (bicyclic) bond motifs is 2. The first-order chi connectivity index (χ1) is 13.5. The van der Waals surface area contributed by atoms with Crippen LogP contribution >= 0.6 is 27.7 Å². The maximum absolute atomic E-state index is 13.0. The van der Waals surface area contributed by atoms with Crippen molar-refractivity contribution < 1.29 is 4.79 Å². The van der Waals surface area contributed by atoms with Gasteiger partial charge < -0.3 is 4.90 Å². The summed E-state index contributed by atoms with van der Waals surface area (Å²) in [4.78, 5) is 32.3. The Morgan fingerprint density at radius 3 is 2.86 bits per heavy atom. The minimum absolute atomic E-state index is 0.0373. The maximum Gasteiger partial charge on any atom is 0.262 e. The van der Waals surface area contributed by atoms with Crippen molar-refractivity contribution in [3.63, 3.8) is 0 Å². The highest BCUT2D eigenvalue weighted by atomic mass is 79.9. The van der Waals surface area contributed by atoms with Gasteiger partial charge in [-0.15, -0.1) is 0 Å². The average Bonchev–Trinajstić information content (AvgIpc) is 3.02. The fourth-order valence-corrected chi connectivity index (χ4v) is 4.99. The van der Waals surface area contributed by atoms with Crippen molar-refractivity contribution in [2.75, 3.05) is 10.7 Å². The van der Waals surface area contributed by atoms with Gasteiger partial charge in [0.25, 0.3) is 5.56 Å². The third-order valence-electron chi connectivity index (χ3n) is 5.00. The van der Waals surface area contributed by atoms with E-state index >= 15 is 0 Å². The Labute approximate surface area is 175 Å². The van der Waals surface area contributed by atoms with Gasteiger partial charge in [0.05, 0.1) is 16.7 Å². The molecular formula is C21H20BrN3O2S. The lowest BCUT2D eigenvalue weighted by molar-refractivity contribution is -0.116. The molecule has 144 valence electrons. The molecule has 0 unspecified atom stereocenters. The summed E-state index contributed by atoms with van der Waals surface area (Å²) < 4.78 is 2.48. The van der Waals surface area contributed by atoms with E-state index in [1.54, 1.807) is 10.6 Å². The quantitative estimate of drug-likeness (QED) is 0.434. The van der Waals surface area contributed by atoms with Crippen molar-refractivity contribution in [2.45, 2.75) is 38.0 Å². The van der Waals surface area contributed by atoms with Crippen molar-refractivity contribution in [1.82, 2.24) is 9.55 Å². The molecule has 0 saturated heterocycles. The van der Waals surface area contributed by atoms with E-state index in [9.17, 15) is 9.59 Å². The molecule has 0 N–H and O–H groups in total. The van der Waals surface area contributed by atoms with Crippen LogP contribution in [0.15, 0.2) is 56.9 Å². The Balaban J connectivity index is 1.62. The van der Waals surface area contributed by atoms with Crippen LogP contribution in [-0.2, 0) is 17.8 Å². The van der Waals surface area contributed by atoms with E-state index in [-0.39, 0.29) is 23.3 Å². The van der Waals surface area contributed by atoms with Crippen LogP contribution in [0.25, 0.3) is 10.9 Å². The zero-order valence-corrected chi connectivity index (χ0v) is 18.1. The molecule has 28 heavy (non-hydrogen) atoms. The van der Waals surface area contributed by atoms with E-state index in [4.69, 9.17) is 0 Å². The summed E-state index contributed by atoms with van der Waals surface area (Å²) >= 11 is 4.73. The number of carbonyl (C=O) groups is 1. The van der Waals surface area contributed by atoms with Crippen LogP contribution in [0.3, 0.4) is 0 Å². The summed E-state index contributed by atoms with van der Waals surface area (Å²) in [6.45, 7) is 4.49. The lowest BCUT2D eigenvalue weighted by Gasteiger charge is -2.22. The Hall–Kier alpha value is -2.12. The normalized spacial score (nSPS) is 15.8. The van der Waals surface area contributed by atoms with Crippen LogP contribution in [-0.4, -0.2) is 27.3 Å². The van der Waals surface area contributed by atoms with Crippen LogP contribution in [0.2, 0.25) is 0 Å². The average molecular weight is 458 g/mol. The van der Waals surface area contributed by atoms with Crippen LogP contribution in [0, 0.1) is 0 Å². The zero-order valence-electron chi connectivity index (χ0n) is 15.7. The molecule has 2 heterocycles. The molecule has 1 aliphatic rings. The van der Waals surface area contributed by atoms with Gasteiger partial charge in [-0.25, -0.2) is 4.98 Å². The number of carbonyl (C=O) groups excluding carboxylic acids is 1. The van der Waals surface area contributed by atoms with Gasteiger partial charge in [-0.1, -0.05) is 45.9 Å². The number of halogens is 1. The molecular weight excluding hydrogens is 438 g/mol. The second-order valence-electron chi connectivity index (χ2n) is 6.84. The monoisotopic (exact) mass is 457 g/mol. The number of thioether (sulfide) groups is 1. The van der Waals surface area contributed by atoms with Gasteiger partial charge in [0.1, 0.15) is 0 Å². The fourth-order valence-electron chi connectivity index (χ4n) is 3.70. The topological polar surface area (TPSA) is 55.2 Å². The molecule has 1 amide bonds. The highest BCUT2D eigenvalue weighted by molar-refractivity contribution is 9.10. The molecule has 0 bridgehead atoms. The highest BCUT2D eigenvalue weighted by Gasteiger charge is 2.30. The molecule has 1 atom stereocenters. The molecule has 2 aromatic carbocycles. The lowest BCUT2D eigenvalue weighted by Crippen LogP contribution is -2.37. The molecule has 0 radical (unpaired) electrons. The number of benzene rings is 2. The van der Waals surface area contributed by atoms with Gasteiger partial charge in [-0.05, 0) is 50.1 Å². The minimum atomic E-state index is -0.0800. The molecule has 0 spiro atoms. The third kappa shape index (κ3) is 3.37. The highest BCUT2D eigenvalue weighted by Crippen LogP contribution is 2.32. The standard InChI is InChI=1S/C21H20BrN3O2S/c1-3-24-20(27)16-11-15(22)8-9-17(16)23-21(24)28-12-19(26)25-13(2)10-14-6-4-5-7-18(14)25/h4-9,11,13H,3,10,12H2,1-2H3/t13-/m0/s1. The van der Waals surface area contributed by atoms with E-state index in [2.05, 4.69) is 33.9 Å². The Morgan fingerprint density at radius 1 is 1.29 bits per heavy atom. The van der Waals surface area contributed by atoms with Crippen molar-refractivity contribution in [2.24, 2.45) is 0 Å². The molecule has 0 aliphatic carbocycles. The molecule has 5 nitrogen and oxygen atoms in total. The van der Waals surface area contributed by atoms with Crippen LogP contribution in [0.1, 0.15) is 19.4 Å². The van der Waals surface area contributed by atoms with Gasteiger partial charge in [0.2, 0.25) is 5.91 Å². The number of para-hydroxylation sites is 1. The van der Waals surface area contributed by atoms with E-state index in [0.717, 1.165) is 16.6 Å². The van der Waals surface area contributed by atoms with Crippen LogP contribution in [0.5, 0.6) is 0 Å². The SMILES string of the molecule is CCn1c(SCC(=O)N2c3ccccc3C[C@@H]2C)nc2ccc(Br)cc2c1=O. The summed E-state index contributed by atoms with van der Waals surface area (Å²) in [5.74, 6) is 0.280. The molecule has 0 fully saturated rings. The predicted molar refractivity (Wildman–Crippen MR) is 117 cm³/mol. The number of anilines is 1. The summed E-state index contributed by atoms with van der Waals surface area (Å²) in [6, 6.07) is 13.7. The van der Waals surface area contributed by atoms with Gasteiger partial charge in [-0.3, -0.25) is 14.2 Å². The molecule has 1 aliphatic heterocycles. The van der Waals surface area contributed by atoms with Crippen molar-refractivity contribution in [1.29, 1.82) is 0 Å². The first kappa shape index (κ1) is 19.2. The Morgan fingerprint density at radius 2 is 2.07 bits per heavy atom. The largest absolute Gasteiger partial charge is 0.308 e. The number of hydrogen-bond donors (Lipinski definition) is 0. The first-order valence-electron chi connectivity index (χ1n) is 9.22. The van der Waals surface area contributed by atoms with E-state index in [1.165, 1.54) is 17.3 Å². The molecule has 7 heteroatoms. The number of hydrogen-bond acceptors (Lipinski definition) is 4.